The summed E-state index contributed by atoms with van der Waals surface area (Å²) in [6.07, 6.45) is 1.28. The van der Waals surface area contributed by atoms with Crippen LogP contribution >= 0.6 is 11.6 Å². The van der Waals surface area contributed by atoms with Crippen molar-refractivity contribution in [3.05, 3.63) is 46.6 Å². The Bertz CT molecular complexity index is 676. The molecule has 0 aliphatic carbocycles. The van der Waals surface area contributed by atoms with Gasteiger partial charge in [-0.15, -0.1) is 0 Å². The quantitative estimate of drug-likeness (QED) is 0.863. The van der Waals surface area contributed by atoms with Crippen LogP contribution in [-0.4, -0.2) is 23.3 Å². The molecule has 0 saturated carbocycles. The molecule has 108 valence electrons. The van der Waals surface area contributed by atoms with Crippen LogP contribution in [0.1, 0.15) is 11.1 Å². The van der Waals surface area contributed by atoms with E-state index in [-0.39, 0.29) is 23.2 Å². The summed E-state index contributed by atoms with van der Waals surface area (Å²) in [6.45, 7) is 0.0895. The van der Waals surface area contributed by atoms with E-state index in [4.69, 9.17) is 16.7 Å². The summed E-state index contributed by atoms with van der Waals surface area (Å²) in [5.41, 5.74) is 1.55. The van der Waals surface area contributed by atoms with E-state index >= 15 is 0 Å². The Morgan fingerprint density at radius 2 is 1.90 bits per heavy atom. The van der Waals surface area contributed by atoms with Crippen molar-refractivity contribution in [3.8, 4) is 0 Å². The van der Waals surface area contributed by atoms with E-state index in [2.05, 4.69) is 9.82 Å². The van der Waals surface area contributed by atoms with Crippen LogP contribution in [0.25, 0.3) is 0 Å². The monoisotopic (exact) mass is 315 g/mol. The molecule has 0 radical (unpaired) electrons. The first-order valence-electron chi connectivity index (χ1n) is 5.80. The number of halogens is 1. The number of hydrogen-bond donors (Lipinski definition) is 2. The van der Waals surface area contributed by atoms with E-state index in [1.54, 1.807) is 24.3 Å². The molecule has 0 fully saturated rings. The molecule has 6 nitrogen and oxygen atoms in total. The maximum absolute atomic E-state index is 12.1. The van der Waals surface area contributed by atoms with Crippen molar-refractivity contribution in [1.29, 1.82) is 0 Å². The lowest BCUT2D eigenvalue weighted by atomic mass is 10.1. The maximum Gasteiger partial charge on any atom is 0.259 e. The fourth-order valence-corrected chi connectivity index (χ4v) is 3.38. The highest BCUT2D eigenvalue weighted by atomic mass is 35.5. The SMILES string of the molecule is Cn1ncc(Cl)c1S(=O)(=O)NCc1ccc(CO)cc1. The zero-order chi connectivity index (χ0) is 14.8. The van der Waals surface area contributed by atoms with Gasteiger partial charge in [-0.1, -0.05) is 35.9 Å². The molecular formula is C12H14ClN3O3S. The zero-order valence-electron chi connectivity index (χ0n) is 10.7. The highest BCUT2D eigenvalue weighted by Gasteiger charge is 2.22. The summed E-state index contributed by atoms with van der Waals surface area (Å²) >= 11 is 5.82. The fraction of sp³-hybridized carbons (Fsp3) is 0.250. The third-order valence-corrected chi connectivity index (χ3v) is 4.68. The van der Waals surface area contributed by atoms with Crippen LogP contribution < -0.4 is 4.72 Å². The number of sulfonamides is 1. The van der Waals surface area contributed by atoms with Gasteiger partial charge in [0.1, 0.15) is 0 Å². The van der Waals surface area contributed by atoms with E-state index in [1.165, 1.54) is 17.9 Å². The van der Waals surface area contributed by atoms with Gasteiger partial charge in [0.25, 0.3) is 10.0 Å². The lowest BCUT2D eigenvalue weighted by Crippen LogP contribution is -2.25. The molecule has 0 spiro atoms. The Hall–Kier alpha value is -1.41. The highest BCUT2D eigenvalue weighted by Crippen LogP contribution is 2.19. The molecule has 1 aromatic heterocycles. The summed E-state index contributed by atoms with van der Waals surface area (Å²) in [6, 6.07) is 6.97. The molecule has 20 heavy (non-hydrogen) atoms. The number of benzene rings is 1. The Balaban J connectivity index is 2.13. The first kappa shape index (κ1) is 15.0. The van der Waals surface area contributed by atoms with Gasteiger partial charge in [0.05, 0.1) is 17.8 Å². The van der Waals surface area contributed by atoms with Gasteiger partial charge in [0, 0.05) is 13.6 Å². The predicted molar refractivity (Wildman–Crippen MR) is 74.6 cm³/mol. The van der Waals surface area contributed by atoms with E-state index in [0.717, 1.165) is 11.1 Å². The normalized spacial score (nSPS) is 11.8. The number of aryl methyl sites for hydroxylation is 1. The van der Waals surface area contributed by atoms with Crippen LogP contribution in [0.4, 0.5) is 0 Å². The Morgan fingerprint density at radius 3 is 2.40 bits per heavy atom. The third-order valence-electron chi connectivity index (χ3n) is 2.77. The van der Waals surface area contributed by atoms with E-state index < -0.39 is 10.0 Å². The van der Waals surface area contributed by atoms with Crippen molar-refractivity contribution >= 4 is 21.6 Å². The van der Waals surface area contributed by atoms with Crippen LogP contribution in [0, 0.1) is 0 Å². The van der Waals surface area contributed by atoms with Gasteiger partial charge >= 0.3 is 0 Å². The molecule has 0 amide bonds. The van der Waals surface area contributed by atoms with Gasteiger partial charge in [-0.2, -0.15) is 5.10 Å². The van der Waals surface area contributed by atoms with Crippen molar-refractivity contribution in [2.45, 2.75) is 18.2 Å². The van der Waals surface area contributed by atoms with Crippen LogP contribution in [0.5, 0.6) is 0 Å². The number of nitrogens with zero attached hydrogens (tertiary/aromatic N) is 2. The first-order chi connectivity index (χ1) is 9.44. The minimum atomic E-state index is -3.72. The van der Waals surface area contributed by atoms with Crippen molar-refractivity contribution in [3.63, 3.8) is 0 Å². The Kier molecular flexibility index (Phi) is 4.44. The molecule has 1 aromatic carbocycles. The van der Waals surface area contributed by atoms with Gasteiger partial charge in [0.15, 0.2) is 5.03 Å². The summed E-state index contributed by atoms with van der Waals surface area (Å²) in [7, 11) is -2.21. The average molecular weight is 316 g/mol. The molecule has 2 rings (SSSR count). The smallest absolute Gasteiger partial charge is 0.259 e. The summed E-state index contributed by atoms with van der Waals surface area (Å²) in [5, 5.41) is 12.8. The molecular weight excluding hydrogens is 302 g/mol. The molecule has 0 saturated heterocycles. The van der Waals surface area contributed by atoms with E-state index in [9.17, 15) is 8.42 Å². The lowest BCUT2D eigenvalue weighted by molar-refractivity contribution is 0.282. The van der Waals surface area contributed by atoms with Gasteiger partial charge in [-0.05, 0) is 11.1 Å². The second-order valence-electron chi connectivity index (χ2n) is 4.22. The van der Waals surface area contributed by atoms with Crippen molar-refractivity contribution < 1.29 is 13.5 Å². The van der Waals surface area contributed by atoms with Gasteiger partial charge in [0.2, 0.25) is 0 Å². The molecule has 8 heteroatoms. The molecule has 2 aromatic rings. The van der Waals surface area contributed by atoms with Gasteiger partial charge in [-0.25, -0.2) is 13.1 Å². The highest BCUT2D eigenvalue weighted by molar-refractivity contribution is 7.89. The molecule has 1 heterocycles. The standard InChI is InChI=1S/C12H14ClN3O3S/c1-16-12(11(13)7-14-16)20(18,19)15-6-9-2-4-10(8-17)5-3-9/h2-5,7,15,17H,6,8H2,1H3. The number of hydrogen-bond acceptors (Lipinski definition) is 4. The topological polar surface area (TPSA) is 84.2 Å². The van der Waals surface area contributed by atoms with Gasteiger partial charge in [-0.3, -0.25) is 4.68 Å². The summed E-state index contributed by atoms with van der Waals surface area (Å²) in [5.74, 6) is 0. The second-order valence-corrected chi connectivity index (χ2v) is 6.31. The number of aromatic nitrogens is 2. The molecule has 0 aliphatic heterocycles. The Labute approximate surface area is 122 Å². The van der Waals surface area contributed by atoms with Crippen LogP contribution in [0.3, 0.4) is 0 Å². The largest absolute Gasteiger partial charge is 0.392 e. The number of rotatable bonds is 5. The van der Waals surface area contributed by atoms with Gasteiger partial charge < -0.3 is 5.11 Å². The molecule has 0 atom stereocenters. The summed E-state index contributed by atoms with van der Waals surface area (Å²) < 4.78 is 27.9. The molecule has 2 N–H and O–H groups in total. The lowest BCUT2D eigenvalue weighted by Gasteiger charge is -2.08. The zero-order valence-corrected chi connectivity index (χ0v) is 12.3. The fourth-order valence-electron chi connectivity index (χ4n) is 1.71. The second kappa shape index (κ2) is 5.92. The minimum Gasteiger partial charge on any atom is -0.392 e. The number of nitrogens with one attached hydrogen (secondary N) is 1. The first-order valence-corrected chi connectivity index (χ1v) is 7.66. The summed E-state index contributed by atoms with van der Waals surface area (Å²) in [4.78, 5) is 0. The molecule has 0 unspecified atom stereocenters. The Morgan fingerprint density at radius 1 is 1.30 bits per heavy atom. The van der Waals surface area contributed by atoms with Crippen LogP contribution in [-0.2, 0) is 30.2 Å². The average Bonchev–Trinajstić information content (AvgIpc) is 2.77. The van der Waals surface area contributed by atoms with Crippen LogP contribution in [0.2, 0.25) is 5.02 Å². The predicted octanol–water partition coefficient (Wildman–Crippen LogP) is 1.04. The number of aliphatic hydroxyl groups is 1. The van der Waals surface area contributed by atoms with E-state index in [0.29, 0.717) is 0 Å². The van der Waals surface area contributed by atoms with Crippen LogP contribution in [0.15, 0.2) is 35.5 Å². The molecule has 0 bridgehead atoms. The van der Waals surface area contributed by atoms with Crippen molar-refractivity contribution in [1.82, 2.24) is 14.5 Å². The number of aliphatic hydroxyl groups excluding tert-OH is 1. The minimum absolute atomic E-state index is 0.0450. The maximum atomic E-state index is 12.1. The van der Waals surface area contributed by atoms with Crippen molar-refractivity contribution in [2.75, 3.05) is 0 Å². The van der Waals surface area contributed by atoms with Crippen molar-refractivity contribution in [2.24, 2.45) is 7.05 Å². The third kappa shape index (κ3) is 3.18. The van der Waals surface area contributed by atoms with E-state index in [1.807, 2.05) is 0 Å². The molecule has 0 aliphatic rings.